The fourth-order valence-corrected chi connectivity index (χ4v) is 2.02. The van der Waals surface area contributed by atoms with E-state index in [0.717, 1.165) is 5.69 Å². The van der Waals surface area contributed by atoms with Gasteiger partial charge < -0.3 is 4.74 Å². The maximum Gasteiger partial charge on any atom is 0.279 e. The van der Waals surface area contributed by atoms with E-state index in [-0.39, 0.29) is 5.91 Å². The molecule has 2 N–H and O–H groups in total. The largest absolute Gasteiger partial charge is 0.479 e. The van der Waals surface area contributed by atoms with Gasteiger partial charge >= 0.3 is 0 Å². The van der Waals surface area contributed by atoms with Crippen LogP contribution in [0.2, 0.25) is 10.0 Å². The summed E-state index contributed by atoms with van der Waals surface area (Å²) in [5.41, 5.74) is 6.15. The highest BCUT2D eigenvalue weighted by Crippen LogP contribution is 2.28. The van der Waals surface area contributed by atoms with Gasteiger partial charge in [-0.05, 0) is 37.3 Å². The van der Waals surface area contributed by atoms with E-state index in [1.54, 1.807) is 25.1 Å². The van der Waals surface area contributed by atoms with Crippen molar-refractivity contribution in [3.8, 4) is 5.75 Å². The summed E-state index contributed by atoms with van der Waals surface area (Å²) in [6.45, 7) is 1.63. The van der Waals surface area contributed by atoms with E-state index in [1.807, 2.05) is 30.3 Å². The number of carbonyl (C=O) groups excluding carboxylic acids is 1. The number of hydrogen-bond donors (Lipinski definition) is 2. The normalized spacial score (nSPS) is 11.6. The summed E-state index contributed by atoms with van der Waals surface area (Å²) < 4.78 is 5.51. The summed E-state index contributed by atoms with van der Waals surface area (Å²) in [5.74, 6) is 0.0910. The van der Waals surface area contributed by atoms with Crippen LogP contribution in [-0.2, 0) is 4.79 Å². The molecule has 1 amide bonds. The molecule has 4 nitrogen and oxygen atoms in total. The zero-order valence-corrected chi connectivity index (χ0v) is 12.8. The van der Waals surface area contributed by atoms with Crippen molar-refractivity contribution in [2.45, 2.75) is 13.0 Å². The maximum atomic E-state index is 11.9. The molecule has 1 atom stereocenters. The summed E-state index contributed by atoms with van der Waals surface area (Å²) >= 11 is 11.8. The molecular formula is C15H14Cl2N2O2. The predicted molar refractivity (Wildman–Crippen MR) is 84.8 cm³/mol. The van der Waals surface area contributed by atoms with Gasteiger partial charge in [0.05, 0.1) is 10.7 Å². The van der Waals surface area contributed by atoms with Crippen molar-refractivity contribution in [3.63, 3.8) is 0 Å². The fourth-order valence-electron chi connectivity index (χ4n) is 1.57. The number of halogens is 2. The molecule has 6 heteroatoms. The van der Waals surface area contributed by atoms with Gasteiger partial charge in [-0.25, -0.2) is 0 Å². The lowest BCUT2D eigenvalue weighted by atomic mass is 10.3. The summed E-state index contributed by atoms with van der Waals surface area (Å²) in [5, 5.41) is 0.869. The molecule has 0 fully saturated rings. The molecule has 0 aliphatic rings. The Morgan fingerprint density at radius 2 is 1.86 bits per heavy atom. The molecule has 0 aliphatic heterocycles. The molecule has 0 aromatic heterocycles. The van der Waals surface area contributed by atoms with Crippen LogP contribution in [0.25, 0.3) is 0 Å². The van der Waals surface area contributed by atoms with Crippen molar-refractivity contribution in [2.24, 2.45) is 0 Å². The van der Waals surface area contributed by atoms with Crippen LogP contribution >= 0.6 is 23.2 Å². The molecule has 110 valence electrons. The number of hydrogen-bond acceptors (Lipinski definition) is 3. The van der Waals surface area contributed by atoms with Crippen molar-refractivity contribution in [1.82, 2.24) is 5.43 Å². The van der Waals surface area contributed by atoms with E-state index < -0.39 is 6.10 Å². The lowest BCUT2D eigenvalue weighted by molar-refractivity contribution is -0.126. The molecule has 2 aromatic carbocycles. The molecule has 0 spiro atoms. The highest BCUT2D eigenvalue weighted by Gasteiger charge is 2.16. The summed E-state index contributed by atoms with van der Waals surface area (Å²) in [4.78, 5) is 11.9. The molecule has 0 saturated heterocycles. The third-order valence-corrected chi connectivity index (χ3v) is 3.20. The van der Waals surface area contributed by atoms with Crippen molar-refractivity contribution >= 4 is 34.8 Å². The minimum absolute atomic E-state index is 0.315. The third-order valence-electron chi connectivity index (χ3n) is 2.67. The van der Waals surface area contributed by atoms with Crippen LogP contribution in [-0.4, -0.2) is 12.0 Å². The highest BCUT2D eigenvalue weighted by molar-refractivity contribution is 6.35. The van der Waals surface area contributed by atoms with Crippen molar-refractivity contribution in [3.05, 3.63) is 58.6 Å². The van der Waals surface area contributed by atoms with Crippen molar-refractivity contribution in [2.75, 3.05) is 5.43 Å². The Bertz CT molecular complexity index is 620. The van der Waals surface area contributed by atoms with Gasteiger partial charge in [-0.2, -0.15) is 0 Å². The second-order valence-corrected chi connectivity index (χ2v) is 5.16. The average Bonchev–Trinajstić information content (AvgIpc) is 2.48. The van der Waals surface area contributed by atoms with E-state index in [0.29, 0.717) is 15.8 Å². The average molecular weight is 325 g/mol. The van der Waals surface area contributed by atoms with Gasteiger partial charge in [0.25, 0.3) is 5.91 Å². The van der Waals surface area contributed by atoms with Crippen LogP contribution in [0.15, 0.2) is 48.5 Å². The summed E-state index contributed by atoms with van der Waals surface area (Å²) in [6, 6.07) is 14.1. The smallest absolute Gasteiger partial charge is 0.279 e. The van der Waals surface area contributed by atoms with Crippen LogP contribution < -0.4 is 15.6 Å². The van der Waals surface area contributed by atoms with Crippen molar-refractivity contribution < 1.29 is 9.53 Å². The number of benzene rings is 2. The molecule has 1 unspecified atom stereocenters. The highest BCUT2D eigenvalue weighted by atomic mass is 35.5. The lowest BCUT2D eigenvalue weighted by Gasteiger charge is -2.16. The molecular weight excluding hydrogens is 311 g/mol. The minimum atomic E-state index is -0.708. The van der Waals surface area contributed by atoms with Gasteiger partial charge in [-0.1, -0.05) is 41.4 Å². The number of rotatable bonds is 5. The molecule has 21 heavy (non-hydrogen) atoms. The maximum absolute atomic E-state index is 11.9. The Morgan fingerprint density at radius 3 is 2.52 bits per heavy atom. The van der Waals surface area contributed by atoms with Gasteiger partial charge in [-0.3, -0.25) is 15.6 Å². The van der Waals surface area contributed by atoms with E-state index in [1.165, 1.54) is 0 Å². The zero-order chi connectivity index (χ0) is 15.2. The summed E-state index contributed by atoms with van der Waals surface area (Å²) in [7, 11) is 0. The van der Waals surface area contributed by atoms with E-state index >= 15 is 0 Å². The van der Waals surface area contributed by atoms with Gasteiger partial charge in [0, 0.05) is 5.02 Å². The first-order chi connectivity index (χ1) is 10.1. The SMILES string of the molecule is CC(Oc1ccc(Cl)cc1Cl)C(=O)NNc1ccccc1. The fraction of sp³-hybridized carbons (Fsp3) is 0.133. The van der Waals surface area contributed by atoms with Gasteiger partial charge in [0.15, 0.2) is 6.10 Å². The minimum Gasteiger partial charge on any atom is -0.479 e. The first-order valence-corrected chi connectivity index (χ1v) is 7.04. The van der Waals surface area contributed by atoms with Crippen molar-refractivity contribution in [1.29, 1.82) is 0 Å². The van der Waals surface area contributed by atoms with Crippen LogP contribution in [0.3, 0.4) is 0 Å². The lowest BCUT2D eigenvalue weighted by Crippen LogP contribution is -2.39. The molecule has 0 aliphatic carbocycles. The van der Waals surface area contributed by atoms with Crippen LogP contribution in [0.5, 0.6) is 5.75 Å². The van der Waals surface area contributed by atoms with Gasteiger partial charge in [0.2, 0.25) is 0 Å². The number of anilines is 1. The van der Waals surface area contributed by atoms with Crippen LogP contribution in [0, 0.1) is 0 Å². The number of carbonyl (C=O) groups is 1. The second-order valence-electron chi connectivity index (χ2n) is 4.32. The number of hydrazine groups is 1. The zero-order valence-electron chi connectivity index (χ0n) is 11.3. The Kier molecular flexibility index (Phi) is 5.31. The Morgan fingerprint density at radius 1 is 1.14 bits per heavy atom. The first kappa shape index (κ1) is 15.5. The molecule has 0 saturated carbocycles. The summed E-state index contributed by atoms with van der Waals surface area (Å²) in [6.07, 6.45) is -0.708. The molecule has 0 heterocycles. The van der Waals surface area contributed by atoms with Crippen LogP contribution in [0.4, 0.5) is 5.69 Å². The Hall–Kier alpha value is -1.91. The van der Waals surface area contributed by atoms with E-state index in [4.69, 9.17) is 27.9 Å². The predicted octanol–water partition coefficient (Wildman–Crippen LogP) is 3.90. The monoisotopic (exact) mass is 324 g/mol. The standard InChI is InChI=1S/C15H14Cl2N2O2/c1-10(21-14-8-7-11(16)9-13(14)17)15(20)19-18-12-5-3-2-4-6-12/h2-10,18H,1H3,(H,19,20). The quantitative estimate of drug-likeness (QED) is 0.820. The molecule has 0 radical (unpaired) electrons. The topological polar surface area (TPSA) is 50.4 Å². The van der Waals surface area contributed by atoms with Gasteiger partial charge in [0.1, 0.15) is 5.75 Å². The molecule has 0 bridgehead atoms. The Balaban J connectivity index is 1.90. The number of amides is 1. The number of para-hydroxylation sites is 1. The third kappa shape index (κ3) is 4.55. The van der Waals surface area contributed by atoms with Crippen LogP contribution in [0.1, 0.15) is 6.92 Å². The number of ether oxygens (including phenoxy) is 1. The van der Waals surface area contributed by atoms with Gasteiger partial charge in [-0.15, -0.1) is 0 Å². The number of nitrogens with one attached hydrogen (secondary N) is 2. The first-order valence-electron chi connectivity index (χ1n) is 6.29. The van der Waals surface area contributed by atoms with E-state index in [2.05, 4.69) is 10.9 Å². The Labute approximate surface area is 133 Å². The molecule has 2 aromatic rings. The molecule has 2 rings (SSSR count). The second kappa shape index (κ2) is 7.20. The van der Waals surface area contributed by atoms with E-state index in [9.17, 15) is 4.79 Å².